The Kier molecular flexibility index (Phi) is 5.28. The Hall–Kier alpha value is -1.64. The van der Waals surface area contributed by atoms with E-state index in [4.69, 9.17) is 0 Å². The summed E-state index contributed by atoms with van der Waals surface area (Å²) in [5.41, 5.74) is 4.82. The van der Waals surface area contributed by atoms with E-state index in [0.717, 1.165) is 30.8 Å². The van der Waals surface area contributed by atoms with E-state index in [1.165, 1.54) is 11.1 Å². The van der Waals surface area contributed by atoms with Crippen molar-refractivity contribution in [1.29, 1.82) is 0 Å². The fraction of sp³-hybridized carbons (Fsp3) is 0.600. The van der Waals surface area contributed by atoms with Gasteiger partial charge in [-0.15, -0.1) is 0 Å². The first kappa shape index (κ1) is 17.7. The molecule has 126 valence electrons. The lowest BCUT2D eigenvalue weighted by atomic mass is 10.1. The minimum atomic E-state index is 0.0938. The summed E-state index contributed by atoms with van der Waals surface area (Å²) in [6.07, 6.45) is 4.08. The van der Waals surface area contributed by atoms with Crippen molar-refractivity contribution in [2.24, 2.45) is 17.3 Å². The van der Waals surface area contributed by atoms with Gasteiger partial charge in [0.05, 0.1) is 5.92 Å². The molecular formula is C20H30N2O. The third-order valence-electron chi connectivity index (χ3n) is 4.77. The molecule has 1 saturated carbocycles. The molecule has 3 nitrogen and oxygen atoms in total. The number of hydrogen-bond acceptors (Lipinski definition) is 2. The molecule has 3 heteroatoms. The van der Waals surface area contributed by atoms with Crippen molar-refractivity contribution in [2.45, 2.75) is 54.4 Å². The van der Waals surface area contributed by atoms with E-state index < -0.39 is 0 Å². The molecule has 1 aromatic heterocycles. The summed E-state index contributed by atoms with van der Waals surface area (Å²) in [4.78, 5) is 16.9. The molecule has 0 aliphatic heterocycles. The molecule has 0 radical (unpaired) electrons. The van der Waals surface area contributed by atoms with Gasteiger partial charge >= 0.3 is 0 Å². The van der Waals surface area contributed by atoms with Crippen LogP contribution in [0.5, 0.6) is 0 Å². The van der Waals surface area contributed by atoms with Gasteiger partial charge in [0.25, 0.3) is 0 Å². The number of amides is 1. The lowest BCUT2D eigenvalue weighted by molar-refractivity contribution is -0.123. The molecule has 1 aliphatic carbocycles. The van der Waals surface area contributed by atoms with E-state index >= 15 is 0 Å². The van der Waals surface area contributed by atoms with E-state index in [0.29, 0.717) is 5.92 Å². The van der Waals surface area contributed by atoms with Crippen LogP contribution in [0, 0.1) is 31.1 Å². The van der Waals surface area contributed by atoms with Gasteiger partial charge in [-0.3, -0.25) is 9.78 Å². The van der Waals surface area contributed by atoms with Crippen molar-refractivity contribution in [1.82, 2.24) is 10.3 Å². The zero-order valence-corrected chi connectivity index (χ0v) is 15.4. The highest BCUT2D eigenvalue weighted by molar-refractivity contribution is 5.83. The van der Waals surface area contributed by atoms with Crippen molar-refractivity contribution in [3.05, 3.63) is 40.7 Å². The van der Waals surface area contributed by atoms with E-state index in [1.54, 1.807) is 0 Å². The minimum absolute atomic E-state index is 0.0938. The number of nitrogens with one attached hydrogen (secondary N) is 1. The van der Waals surface area contributed by atoms with Crippen molar-refractivity contribution in [2.75, 3.05) is 6.54 Å². The normalized spacial score (nSPS) is 21.7. The predicted octanol–water partition coefficient (Wildman–Crippen LogP) is 3.99. The summed E-state index contributed by atoms with van der Waals surface area (Å²) in [7, 11) is 0. The lowest BCUT2D eigenvalue weighted by Gasteiger charge is -2.07. The van der Waals surface area contributed by atoms with Gasteiger partial charge in [0.1, 0.15) is 0 Å². The molecule has 1 amide bonds. The molecule has 0 saturated heterocycles. The first-order chi connectivity index (χ1) is 10.7. The molecule has 0 bridgehead atoms. The van der Waals surface area contributed by atoms with E-state index in [2.05, 4.69) is 63.1 Å². The number of rotatable bonds is 6. The second-order valence-corrected chi connectivity index (χ2v) is 7.74. The highest BCUT2D eigenvalue weighted by Crippen LogP contribution is 2.59. The lowest BCUT2D eigenvalue weighted by Crippen LogP contribution is -2.28. The number of aromatic nitrogens is 1. The average Bonchev–Trinajstić information content (AvgIpc) is 2.94. The second-order valence-electron chi connectivity index (χ2n) is 7.74. The Morgan fingerprint density at radius 1 is 1.30 bits per heavy atom. The number of carbonyl (C=O) groups is 1. The minimum Gasteiger partial charge on any atom is -0.356 e. The van der Waals surface area contributed by atoms with E-state index in [-0.39, 0.29) is 17.2 Å². The third-order valence-corrected chi connectivity index (χ3v) is 4.77. The Bertz CT molecular complexity index is 592. The van der Waals surface area contributed by atoms with Crippen LogP contribution in [-0.4, -0.2) is 17.4 Å². The van der Waals surface area contributed by atoms with Crippen LogP contribution in [0.1, 0.15) is 51.1 Å². The molecule has 1 aliphatic rings. The van der Waals surface area contributed by atoms with Crippen molar-refractivity contribution >= 4 is 5.91 Å². The Morgan fingerprint density at radius 2 is 2.00 bits per heavy atom. The molecule has 1 aromatic rings. The topological polar surface area (TPSA) is 42.0 Å². The summed E-state index contributed by atoms with van der Waals surface area (Å²) in [6, 6.07) is 4.22. The van der Waals surface area contributed by atoms with Gasteiger partial charge in [0, 0.05) is 17.9 Å². The molecule has 0 spiro atoms. The maximum absolute atomic E-state index is 12.4. The van der Waals surface area contributed by atoms with Crippen molar-refractivity contribution < 1.29 is 4.79 Å². The zero-order valence-electron chi connectivity index (χ0n) is 15.4. The van der Waals surface area contributed by atoms with Gasteiger partial charge in [0.2, 0.25) is 5.91 Å². The van der Waals surface area contributed by atoms with E-state index in [1.807, 2.05) is 6.92 Å². The van der Waals surface area contributed by atoms with Gasteiger partial charge in [0.15, 0.2) is 0 Å². The largest absolute Gasteiger partial charge is 0.356 e. The highest BCUT2D eigenvalue weighted by Gasteiger charge is 2.60. The standard InChI is InChI=1S/C20H30N2O/c1-13(2)10-17-18(20(17,5)6)19(23)21-9-7-8-16-12-14(3)11-15(4)22-16/h10-12,17-18H,7-9H2,1-6H3,(H,21,23). The van der Waals surface area contributed by atoms with Crippen molar-refractivity contribution in [3.8, 4) is 0 Å². The van der Waals surface area contributed by atoms with Gasteiger partial charge in [-0.1, -0.05) is 25.5 Å². The van der Waals surface area contributed by atoms with Gasteiger partial charge in [-0.05, 0) is 69.6 Å². The quantitative estimate of drug-likeness (QED) is 0.637. The summed E-state index contributed by atoms with van der Waals surface area (Å²) < 4.78 is 0. The Morgan fingerprint density at radius 3 is 2.61 bits per heavy atom. The fourth-order valence-corrected chi connectivity index (χ4v) is 3.49. The van der Waals surface area contributed by atoms with Crippen molar-refractivity contribution in [3.63, 3.8) is 0 Å². The van der Waals surface area contributed by atoms with Gasteiger partial charge < -0.3 is 5.32 Å². The Labute approximate surface area is 140 Å². The third kappa shape index (κ3) is 4.43. The first-order valence-electron chi connectivity index (χ1n) is 8.58. The van der Waals surface area contributed by atoms with Gasteiger partial charge in [-0.25, -0.2) is 0 Å². The van der Waals surface area contributed by atoms with Crippen LogP contribution < -0.4 is 5.32 Å². The summed E-state index contributed by atoms with van der Waals surface area (Å²) in [5, 5.41) is 3.11. The summed E-state index contributed by atoms with van der Waals surface area (Å²) >= 11 is 0. The Balaban J connectivity index is 1.78. The number of carbonyl (C=O) groups excluding carboxylic acids is 1. The second kappa shape index (κ2) is 6.86. The fourth-order valence-electron chi connectivity index (χ4n) is 3.49. The zero-order chi connectivity index (χ0) is 17.2. The van der Waals surface area contributed by atoms with Crippen LogP contribution in [0.3, 0.4) is 0 Å². The molecule has 23 heavy (non-hydrogen) atoms. The number of pyridine rings is 1. The number of nitrogens with zero attached hydrogens (tertiary/aromatic N) is 1. The van der Waals surface area contributed by atoms with Crippen LogP contribution in [0.4, 0.5) is 0 Å². The molecule has 0 aromatic carbocycles. The van der Waals surface area contributed by atoms with Crippen LogP contribution in [0.15, 0.2) is 23.8 Å². The molecule has 2 unspecified atom stereocenters. The summed E-state index contributed by atoms with van der Waals surface area (Å²) in [6.45, 7) is 13.4. The maximum Gasteiger partial charge on any atom is 0.224 e. The van der Waals surface area contributed by atoms with Gasteiger partial charge in [-0.2, -0.15) is 0 Å². The highest BCUT2D eigenvalue weighted by atomic mass is 16.2. The van der Waals surface area contributed by atoms with E-state index in [9.17, 15) is 4.79 Å². The number of aryl methyl sites for hydroxylation is 3. The molecular weight excluding hydrogens is 284 g/mol. The first-order valence-corrected chi connectivity index (χ1v) is 8.58. The molecule has 1 N–H and O–H groups in total. The molecule has 1 fully saturated rings. The SMILES string of the molecule is CC(C)=CC1C(C(=O)NCCCc2cc(C)cc(C)n2)C1(C)C. The molecule has 1 heterocycles. The average molecular weight is 314 g/mol. The molecule has 2 rings (SSSR count). The smallest absolute Gasteiger partial charge is 0.224 e. The molecule has 2 atom stereocenters. The van der Waals surface area contributed by atoms with Crippen LogP contribution in [0.2, 0.25) is 0 Å². The summed E-state index contributed by atoms with van der Waals surface area (Å²) in [5.74, 6) is 0.705. The maximum atomic E-state index is 12.4. The van der Waals surface area contributed by atoms with Crippen LogP contribution >= 0.6 is 0 Å². The monoisotopic (exact) mass is 314 g/mol. The predicted molar refractivity (Wildman–Crippen MR) is 95.2 cm³/mol. The van der Waals surface area contributed by atoms with Crippen LogP contribution in [-0.2, 0) is 11.2 Å². The number of allylic oxidation sites excluding steroid dienone is 2. The number of hydrogen-bond donors (Lipinski definition) is 1. The van der Waals surface area contributed by atoms with Crippen LogP contribution in [0.25, 0.3) is 0 Å².